The van der Waals surface area contributed by atoms with E-state index in [2.05, 4.69) is 18.8 Å². The first-order chi connectivity index (χ1) is 6.64. The highest BCUT2D eigenvalue weighted by molar-refractivity contribution is 6.16. The van der Waals surface area contributed by atoms with Crippen molar-refractivity contribution in [1.29, 1.82) is 0 Å². The van der Waals surface area contributed by atoms with E-state index in [0.29, 0.717) is 11.8 Å². The van der Waals surface area contributed by atoms with Gasteiger partial charge in [0.15, 0.2) is 0 Å². The number of oxazole rings is 1. The van der Waals surface area contributed by atoms with Gasteiger partial charge >= 0.3 is 0 Å². The van der Waals surface area contributed by atoms with Gasteiger partial charge in [-0.05, 0) is 18.8 Å². The number of halogens is 1. The van der Waals surface area contributed by atoms with Crippen molar-refractivity contribution in [2.24, 2.45) is 5.92 Å². The molecule has 1 aliphatic carbocycles. The molecule has 1 aliphatic rings. The molecule has 0 saturated heterocycles. The highest BCUT2D eigenvalue weighted by Crippen LogP contribution is 2.43. The fourth-order valence-electron chi connectivity index (χ4n) is 2.00. The van der Waals surface area contributed by atoms with E-state index in [1.54, 1.807) is 0 Å². The maximum atomic E-state index is 5.66. The molecule has 78 valence electrons. The average Bonchev–Trinajstić information content (AvgIpc) is 2.47. The highest BCUT2D eigenvalue weighted by Gasteiger charge is 2.37. The molecule has 1 heterocycles. The van der Waals surface area contributed by atoms with Crippen molar-refractivity contribution in [3.05, 3.63) is 17.8 Å². The molecule has 2 nitrogen and oxygen atoms in total. The summed E-state index contributed by atoms with van der Waals surface area (Å²) in [6.45, 7) is 4.46. The van der Waals surface area contributed by atoms with Gasteiger partial charge in [0.1, 0.15) is 5.76 Å². The molecule has 0 N–H and O–H groups in total. The number of rotatable bonds is 3. The Morgan fingerprint density at radius 2 is 2.29 bits per heavy atom. The topological polar surface area (TPSA) is 26.0 Å². The van der Waals surface area contributed by atoms with Crippen molar-refractivity contribution in [1.82, 2.24) is 4.98 Å². The predicted octanol–water partition coefficient (Wildman–Crippen LogP) is 3.49. The third-order valence-corrected chi connectivity index (χ3v) is 3.66. The molecular formula is C11H16ClNO. The van der Waals surface area contributed by atoms with E-state index in [4.69, 9.17) is 16.0 Å². The van der Waals surface area contributed by atoms with E-state index in [1.165, 1.54) is 19.3 Å². The van der Waals surface area contributed by atoms with Crippen LogP contribution >= 0.6 is 11.6 Å². The van der Waals surface area contributed by atoms with Gasteiger partial charge in [-0.25, -0.2) is 4.98 Å². The first-order valence-electron chi connectivity index (χ1n) is 5.15. The maximum Gasteiger partial charge on any atom is 0.209 e. The Labute approximate surface area is 89.7 Å². The Morgan fingerprint density at radius 3 is 2.71 bits per heavy atom. The minimum absolute atomic E-state index is 0.121. The molecule has 1 aromatic heterocycles. The Hall–Kier alpha value is -0.500. The summed E-state index contributed by atoms with van der Waals surface area (Å²) in [5, 5.41) is 0. The van der Waals surface area contributed by atoms with Crippen LogP contribution in [-0.2, 0) is 11.3 Å². The van der Waals surface area contributed by atoms with Crippen LogP contribution in [0.15, 0.2) is 10.6 Å². The monoisotopic (exact) mass is 213 g/mol. The van der Waals surface area contributed by atoms with Gasteiger partial charge in [-0.15, -0.1) is 11.6 Å². The van der Waals surface area contributed by atoms with E-state index in [0.717, 1.165) is 11.7 Å². The molecule has 0 atom stereocenters. The van der Waals surface area contributed by atoms with Crippen LogP contribution in [0, 0.1) is 5.92 Å². The zero-order valence-electron chi connectivity index (χ0n) is 8.72. The lowest BCUT2D eigenvalue weighted by Crippen LogP contribution is -2.33. The SMILES string of the molecule is CC(C)(c1cnc(CCl)o1)C1CCC1. The molecule has 0 spiro atoms. The van der Waals surface area contributed by atoms with Crippen LogP contribution in [0.1, 0.15) is 44.8 Å². The van der Waals surface area contributed by atoms with Crippen molar-refractivity contribution in [3.8, 4) is 0 Å². The zero-order valence-corrected chi connectivity index (χ0v) is 9.47. The van der Waals surface area contributed by atoms with E-state index < -0.39 is 0 Å². The lowest BCUT2D eigenvalue weighted by atomic mass is 9.66. The van der Waals surface area contributed by atoms with Crippen LogP contribution < -0.4 is 0 Å². The van der Waals surface area contributed by atoms with E-state index in [-0.39, 0.29) is 5.41 Å². The minimum Gasteiger partial charge on any atom is -0.444 e. The van der Waals surface area contributed by atoms with Crippen LogP contribution in [0.4, 0.5) is 0 Å². The standard InChI is InChI=1S/C11H16ClNO/c1-11(2,8-4-3-5-8)9-7-13-10(6-12)14-9/h7-8H,3-6H2,1-2H3. The van der Waals surface area contributed by atoms with Crippen molar-refractivity contribution in [2.75, 3.05) is 0 Å². The van der Waals surface area contributed by atoms with Crippen LogP contribution in [0.25, 0.3) is 0 Å². The fraction of sp³-hybridized carbons (Fsp3) is 0.727. The zero-order chi connectivity index (χ0) is 10.2. The second-order valence-corrected chi connectivity index (χ2v) is 4.87. The summed E-state index contributed by atoms with van der Waals surface area (Å²) in [7, 11) is 0. The molecule has 0 unspecified atom stereocenters. The second kappa shape index (κ2) is 3.58. The van der Waals surface area contributed by atoms with Crippen LogP contribution in [0.3, 0.4) is 0 Å². The number of hydrogen-bond donors (Lipinski definition) is 0. The second-order valence-electron chi connectivity index (χ2n) is 4.60. The largest absolute Gasteiger partial charge is 0.444 e. The Balaban J connectivity index is 2.19. The fourth-order valence-corrected chi connectivity index (χ4v) is 2.12. The molecular weight excluding hydrogens is 198 g/mol. The van der Waals surface area contributed by atoms with Gasteiger partial charge in [0, 0.05) is 5.41 Å². The summed E-state index contributed by atoms with van der Waals surface area (Å²) in [5.41, 5.74) is 0.121. The Kier molecular flexibility index (Phi) is 2.56. The molecule has 1 aromatic rings. The van der Waals surface area contributed by atoms with Crippen LogP contribution in [-0.4, -0.2) is 4.98 Å². The molecule has 3 heteroatoms. The summed E-state index contributed by atoms with van der Waals surface area (Å²) in [6, 6.07) is 0. The summed E-state index contributed by atoms with van der Waals surface area (Å²) in [6.07, 6.45) is 5.80. The van der Waals surface area contributed by atoms with Gasteiger partial charge in [-0.2, -0.15) is 0 Å². The molecule has 14 heavy (non-hydrogen) atoms. The minimum atomic E-state index is 0.121. The molecule has 0 amide bonds. The van der Waals surface area contributed by atoms with Gasteiger partial charge in [0.2, 0.25) is 5.89 Å². The maximum absolute atomic E-state index is 5.66. The van der Waals surface area contributed by atoms with Crippen LogP contribution in [0.2, 0.25) is 0 Å². The summed E-state index contributed by atoms with van der Waals surface area (Å²) in [5.74, 6) is 2.73. The molecule has 0 aromatic carbocycles. The molecule has 1 saturated carbocycles. The summed E-state index contributed by atoms with van der Waals surface area (Å²) in [4.78, 5) is 4.14. The van der Waals surface area contributed by atoms with E-state index in [1.807, 2.05) is 6.20 Å². The molecule has 1 fully saturated rings. The number of aromatic nitrogens is 1. The average molecular weight is 214 g/mol. The Morgan fingerprint density at radius 1 is 1.57 bits per heavy atom. The number of hydrogen-bond acceptors (Lipinski definition) is 2. The van der Waals surface area contributed by atoms with Gasteiger partial charge in [-0.1, -0.05) is 20.3 Å². The molecule has 0 aliphatic heterocycles. The molecule has 0 radical (unpaired) electrons. The quantitative estimate of drug-likeness (QED) is 0.719. The first kappa shape index (κ1) is 10.0. The normalized spacial score (nSPS) is 18.2. The van der Waals surface area contributed by atoms with Crippen molar-refractivity contribution in [2.45, 2.75) is 44.4 Å². The lowest BCUT2D eigenvalue weighted by molar-refractivity contribution is 0.167. The first-order valence-corrected chi connectivity index (χ1v) is 5.69. The molecule has 2 rings (SSSR count). The van der Waals surface area contributed by atoms with Crippen molar-refractivity contribution in [3.63, 3.8) is 0 Å². The number of alkyl halides is 1. The van der Waals surface area contributed by atoms with Crippen LogP contribution in [0.5, 0.6) is 0 Å². The van der Waals surface area contributed by atoms with E-state index >= 15 is 0 Å². The lowest BCUT2D eigenvalue weighted by Gasteiger charge is -2.38. The predicted molar refractivity (Wildman–Crippen MR) is 56.4 cm³/mol. The van der Waals surface area contributed by atoms with Gasteiger partial charge in [-0.3, -0.25) is 0 Å². The smallest absolute Gasteiger partial charge is 0.209 e. The number of nitrogens with zero attached hydrogens (tertiary/aromatic N) is 1. The van der Waals surface area contributed by atoms with Gasteiger partial charge < -0.3 is 4.42 Å². The summed E-state index contributed by atoms with van der Waals surface area (Å²) >= 11 is 5.66. The van der Waals surface area contributed by atoms with Crippen molar-refractivity contribution >= 4 is 11.6 Å². The third kappa shape index (κ3) is 1.56. The Bertz CT molecular complexity index is 315. The summed E-state index contributed by atoms with van der Waals surface area (Å²) < 4.78 is 5.61. The van der Waals surface area contributed by atoms with Crippen molar-refractivity contribution < 1.29 is 4.42 Å². The highest BCUT2D eigenvalue weighted by atomic mass is 35.5. The molecule has 0 bridgehead atoms. The third-order valence-electron chi connectivity index (χ3n) is 3.43. The van der Waals surface area contributed by atoms with E-state index in [9.17, 15) is 0 Å². The van der Waals surface area contributed by atoms with Gasteiger partial charge in [0.25, 0.3) is 0 Å². The van der Waals surface area contributed by atoms with Gasteiger partial charge in [0.05, 0.1) is 12.1 Å².